The molecule has 0 aliphatic heterocycles. The normalized spacial score (nSPS) is 14.8. The fourth-order valence-electron chi connectivity index (χ4n) is 2.54. The Labute approximate surface area is 116 Å². The summed E-state index contributed by atoms with van der Waals surface area (Å²) >= 11 is 5.41. The summed E-state index contributed by atoms with van der Waals surface area (Å²) in [5.74, 6) is 0.503. The van der Waals surface area contributed by atoms with Gasteiger partial charge in [0.15, 0.2) is 0 Å². The standard InChI is InChI=1S/C15H15FN2S/c16-11-8-6-10(7-9-11)14-17-13-5-3-1-2-4-12(13)15(19)18-14/h6-9H,1-5H2,(H,17,18,19). The summed E-state index contributed by atoms with van der Waals surface area (Å²) in [5.41, 5.74) is 3.27. The van der Waals surface area contributed by atoms with Gasteiger partial charge in [0.25, 0.3) is 0 Å². The topological polar surface area (TPSA) is 28.7 Å². The van der Waals surface area contributed by atoms with E-state index in [-0.39, 0.29) is 5.82 Å². The van der Waals surface area contributed by atoms with E-state index in [0.717, 1.165) is 24.2 Å². The van der Waals surface area contributed by atoms with Crippen LogP contribution >= 0.6 is 12.2 Å². The van der Waals surface area contributed by atoms with E-state index in [4.69, 9.17) is 12.2 Å². The maximum Gasteiger partial charge on any atom is 0.139 e. The van der Waals surface area contributed by atoms with Gasteiger partial charge in [-0.2, -0.15) is 0 Å². The summed E-state index contributed by atoms with van der Waals surface area (Å²) in [4.78, 5) is 7.85. The van der Waals surface area contributed by atoms with E-state index in [9.17, 15) is 4.39 Å². The molecular weight excluding hydrogens is 259 g/mol. The molecule has 0 bridgehead atoms. The molecule has 1 aromatic carbocycles. The van der Waals surface area contributed by atoms with Gasteiger partial charge in [0, 0.05) is 16.8 Å². The number of halogens is 1. The molecule has 0 unspecified atom stereocenters. The highest BCUT2D eigenvalue weighted by molar-refractivity contribution is 7.71. The number of aromatic nitrogens is 2. The second-order valence-corrected chi connectivity index (χ2v) is 5.30. The highest BCUT2D eigenvalue weighted by Crippen LogP contribution is 2.23. The lowest BCUT2D eigenvalue weighted by molar-refractivity contribution is 0.628. The summed E-state index contributed by atoms with van der Waals surface area (Å²) in [6, 6.07) is 6.34. The van der Waals surface area contributed by atoms with Crippen LogP contribution in [0.25, 0.3) is 11.4 Å². The van der Waals surface area contributed by atoms with Gasteiger partial charge in [-0.25, -0.2) is 9.37 Å². The van der Waals surface area contributed by atoms with Gasteiger partial charge in [0.2, 0.25) is 0 Å². The van der Waals surface area contributed by atoms with E-state index < -0.39 is 0 Å². The van der Waals surface area contributed by atoms with Crippen LogP contribution in [-0.2, 0) is 12.8 Å². The maximum absolute atomic E-state index is 13.0. The number of hydrogen-bond donors (Lipinski definition) is 1. The highest BCUT2D eigenvalue weighted by Gasteiger charge is 2.12. The molecule has 0 amide bonds. The van der Waals surface area contributed by atoms with Crippen molar-refractivity contribution < 1.29 is 4.39 Å². The van der Waals surface area contributed by atoms with Crippen LogP contribution in [0.4, 0.5) is 4.39 Å². The summed E-state index contributed by atoms with van der Waals surface area (Å²) < 4.78 is 13.6. The fraction of sp³-hybridized carbons (Fsp3) is 0.333. The van der Waals surface area contributed by atoms with E-state index in [1.54, 1.807) is 12.1 Å². The van der Waals surface area contributed by atoms with Crippen LogP contribution in [0, 0.1) is 10.5 Å². The Kier molecular flexibility index (Phi) is 3.42. The zero-order valence-corrected chi connectivity index (χ0v) is 11.4. The van der Waals surface area contributed by atoms with Crippen molar-refractivity contribution in [2.75, 3.05) is 0 Å². The van der Waals surface area contributed by atoms with Crippen LogP contribution < -0.4 is 0 Å². The second-order valence-electron chi connectivity index (χ2n) is 4.92. The van der Waals surface area contributed by atoms with E-state index in [0.29, 0.717) is 4.64 Å². The average molecular weight is 274 g/mol. The molecular formula is C15H15FN2S. The summed E-state index contributed by atoms with van der Waals surface area (Å²) in [5, 5.41) is 0. The molecule has 1 N–H and O–H groups in total. The van der Waals surface area contributed by atoms with Gasteiger partial charge in [-0.15, -0.1) is 0 Å². The van der Waals surface area contributed by atoms with Crippen molar-refractivity contribution in [2.24, 2.45) is 0 Å². The van der Waals surface area contributed by atoms with Gasteiger partial charge in [0.05, 0.1) is 0 Å². The molecule has 0 fully saturated rings. The number of aromatic amines is 1. The lowest BCUT2D eigenvalue weighted by Crippen LogP contribution is -2.02. The van der Waals surface area contributed by atoms with E-state index in [1.807, 2.05) is 0 Å². The molecule has 19 heavy (non-hydrogen) atoms. The molecule has 1 aromatic heterocycles. The lowest BCUT2D eigenvalue weighted by atomic mass is 10.1. The minimum absolute atomic E-state index is 0.239. The minimum Gasteiger partial charge on any atom is -0.343 e. The van der Waals surface area contributed by atoms with E-state index in [2.05, 4.69) is 9.97 Å². The van der Waals surface area contributed by atoms with Crippen molar-refractivity contribution in [3.05, 3.63) is 46.0 Å². The van der Waals surface area contributed by atoms with Crippen molar-refractivity contribution in [3.8, 4) is 11.4 Å². The fourth-order valence-corrected chi connectivity index (χ4v) is 2.86. The Morgan fingerprint density at radius 3 is 2.58 bits per heavy atom. The second kappa shape index (κ2) is 5.21. The summed E-state index contributed by atoms with van der Waals surface area (Å²) in [6.45, 7) is 0. The number of benzene rings is 1. The zero-order valence-electron chi connectivity index (χ0n) is 10.6. The first-order chi connectivity index (χ1) is 9.24. The molecule has 2 nitrogen and oxygen atoms in total. The first-order valence-electron chi connectivity index (χ1n) is 6.62. The van der Waals surface area contributed by atoms with Gasteiger partial charge in [-0.05, 0) is 49.9 Å². The van der Waals surface area contributed by atoms with Crippen LogP contribution in [0.1, 0.15) is 30.5 Å². The maximum atomic E-state index is 13.0. The largest absolute Gasteiger partial charge is 0.343 e. The molecule has 0 radical (unpaired) electrons. The first-order valence-corrected chi connectivity index (χ1v) is 7.03. The third kappa shape index (κ3) is 2.59. The first kappa shape index (κ1) is 12.5. The van der Waals surface area contributed by atoms with Crippen molar-refractivity contribution >= 4 is 12.2 Å². The third-order valence-corrected chi connectivity index (χ3v) is 3.91. The molecule has 0 saturated heterocycles. The number of H-pyrrole nitrogens is 1. The third-order valence-electron chi connectivity index (χ3n) is 3.58. The van der Waals surface area contributed by atoms with E-state index in [1.165, 1.54) is 42.7 Å². The number of rotatable bonds is 1. The quantitative estimate of drug-likeness (QED) is 0.623. The molecule has 2 aromatic rings. The number of hydrogen-bond acceptors (Lipinski definition) is 2. The van der Waals surface area contributed by atoms with Crippen LogP contribution in [0.5, 0.6) is 0 Å². The molecule has 1 aliphatic carbocycles. The van der Waals surface area contributed by atoms with Gasteiger partial charge >= 0.3 is 0 Å². The van der Waals surface area contributed by atoms with Crippen LogP contribution in [-0.4, -0.2) is 9.97 Å². The average Bonchev–Trinajstić information content (AvgIpc) is 2.65. The Morgan fingerprint density at radius 2 is 1.79 bits per heavy atom. The van der Waals surface area contributed by atoms with Crippen LogP contribution in [0.3, 0.4) is 0 Å². The minimum atomic E-state index is -0.239. The molecule has 0 spiro atoms. The van der Waals surface area contributed by atoms with Gasteiger partial charge in [0.1, 0.15) is 16.3 Å². The lowest BCUT2D eigenvalue weighted by Gasteiger charge is -2.09. The van der Waals surface area contributed by atoms with Crippen LogP contribution in [0.15, 0.2) is 24.3 Å². The predicted molar refractivity (Wildman–Crippen MR) is 76.1 cm³/mol. The summed E-state index contributed by atoms with van der Waals surface area (Å²) in [7, 11) is 0. The molecule has 4 heteroatoms. The molecule has 0 atom stereocenters. The predicted octanol–water partition coefficient (Wildman–Crippen LogP) is 4.21. The Morgan fingerprint density at radius 1 is 1.05 bits per heavy atom. The zero-order chi connectivity index (χ0) is 13.2. The number of aryl methyl sites for hydroxylation is 1. The van der Waals surface area contributed by atoms with Gasteiger partial charge in [-0.3, -0.25) is 0 Å². The van der Waals surface area contributed by atoms with Crippen LogP contribution in [0.2, 0.25) is 0 Å². The van der Waals surface area contributed by atoms with Crippen molar-refractivity contribution in [3.63, 3.8) is 0 Å². The van der Waals surface area contributed by atoms with Crippen molar-refractivity contribution in [1.82, 2.24) is 9.97 Å². The number of nitrogens with zero attached hydrogens (tertiary/aromatic N) is 1. The van der Waals surface area contributed by atoms with Gasteiger partial charge < -0.3 is 4.98 Å². The number of nitrogens with one attached hydrogen (secondary N) is 1. The monoisotopic (exact) mass is 274 g/mol. The molecule has 1 heterocycles. The van der Waals surface area contributed by atoms with E-state index >= 15 is 0 Å². The molecule has 0 saturated carbocycles. The SMILES string of the molecule is Fc1ccc(-c2nc(=S)c3c([nH]2)CCCCC3)cc1. The molecule has 98 valence electrons. The highest BCUT2D eigenvalue weighted by atomic mass is 32.1. The molecule has 3 rings (SSSR count). The van der Waals surface area contributed by atoms with Crippen molar-refractivity contribution in [1.29, 1.82) is 0 Å². The Balaban J connectivity index is 2.08. The number of fused-ring (bicyclic) bond motifs is 1. The van der Waals surface area contributed by atoms with Crippen molar-refractivity contribution in [2.45, 2.75) is 32.1 Å². The Hall–Kier alpha value is -1.55. The Bertz CT molecular complexity index is 646. The smallest absolute Gasteiger partial charge is 0.139 e. The molecule has 1 aliphatic rings. The van der Waals surface area contributed by atoms with Gasteiger partial charge in [-0.1, -0.05) is 18.6 Å². The summed E-state index contributed by atoms with van der Waals surface area (Å²) in [6.07, 6.45) is 5.65.